The average Bonchev–Trinajstić information content (AvgIpc) is 2.53. The minimum Gasteiger partial charge on any atom is -0.424 e. The van der Waals surface area contributed by atoms with Gasteiger partial charge in [0.2, 0.25) is 0 Å². The van der Waals surface area contributed by atoms with Crippen LogP contribution in [0.15, 0.2) is 36.7 Å². The lowest BCUT2D eigenvalue weighted by Gasteiger charge is -2.06. The highest BCUT2D eigenvalue weighted by Gasteiger charge is 2.01. The van der Waals surface area contributed by atoms with Crippen LogP contribution in [-0.4, -0.2) is 30.2 Å². The van der Waals surface area contributed by atoms with Gasteiger partial charge >= 0.3 is 6.01 Å². The van der Waals surface area contributed by atoms with E-state index in [1.54, 1.807) is 19.5 Å². The molecule has 1 aromatic carbocycles. The molecule has 5 nitrogen and oxygen atoms in total. The number of aromatic nitrogens is 2. The van der Waals surface area contributed by atoms with Crippen molar-refractivity contribution < 1.29 is 9.47 Å². The fourth-order valence-corrected chi connectivity index (χ4v) is 1.81. The van der Waals surface area contributed by atoms with E-state index < -0.39 is 0 Å². The number of methoxy groups -OCH3 is 1. The second-order valence-electron chi connectivity index (χ2n) is 4.64. The van der Waals surface area contributed by atoms with E-state index in [0.29, 0.717) is 6.01 Å². The molecule has 0 saturated heterocycles. The van der Waals surface area contributed by atoms with Gasteiger partial charge in [-0.2, -0.15) is 0 Å². The van der Waals surface area contributed by atoms with Crippen molar-refractivity contribution >= 4 is 0 Å². The number of nitrogens with one attached hydrogen (secondary N) is 1. The quantitative estimate of drug-likeness (QED) is 0.808. The molecule has 21 heavy (non-hydrogen) atoms. The molecule has 0 amide bonds. The van der Waals surface area contributed by atoms with Gasteiger partial charge in [0.05, 0.1) is 6.61 Å². The third kappa shape index (κ3) is 5.13. The molecular formula is C16H21N3O2. The molecule has 0 spiro atoms. The molecule has 0 radical (unpaired) electrons. The fraction of sp³-hybridized carbons (Fsp3) is 0.375. The third-order valence-corrected chi connectivity index (χ3v) is 2.99. The molecule has 0 saturated carbocycles. The summed E-state index contributed by atoms with van der Waals surface area (Å²) in [5.41, 5.74) is 2.25. The van der Waals surface area contributed by atoms with Crippen molar-refractivity contribution in [2.24, 2.45) is 0 Å². The van der Waals surface area contributed by atoms with E-state index in [1.165, 1.54) is 5.56 Å². The van der Waals surface area contributed by atoms with Crippen molar-refractivity contribution in [2.75, 3.05) is 20.3 Å². The van der Waals surface area contributed by atoms with Crippen molar-refractivity contribution in [3.8, 4) is 11.8 Å². The number of hydrogen-bond donors (Lipinski definition) is 1. The number of rotatable bonds is 8. The minimum absolute atomic E-state index is 0.361. The zero-order chi connectivity index (χ0) is 14.9. The molecular weight excluding hydrogens is 266 g/mol. The summed E-state index contributed by atoms with van der Waals surface area (Å²) in [5, 5.41) is 3.23. The van der Waals surface area contributed by atoms with E-state index in [-0.39, 0.29) is 0 Å². The van der Waals surface area contributed by atoms with Crippen molar-refractivity contribution in [3.63, 3.8) is 0 Å². The number of ether oxygens (including phenoxy) is 2. The van der Waals surface area contributed by atoms with Crippen molar-refractivity contribution in [3.05, 3.63) is 47.8 Å². The van der Waals surface area contributed by atoms with E-state index in [0.717, 1.165) is 37.4 Å². The fourth-order valence-electron chi connectivity index (χ4n) is 1.81. The minimum atomic E-state index is 0.361. The van der Waals surface area contributed by atoms with Crippen LogP contribution in [0.25, 0.3) is 0 Å². The summed E-state index contributed by atoms with van der Waals surface area (Å²) in [5.74, 6) is 0.732. The van der Waals surface area contributed by atoms with Crippen LogP contribution in [0.4, 0.5) is 0 Å². The number of hydrogen-bond acceptors (Lipinski definition) is 5. The molecule has 0 aliphatic heterocycles. The van der Waals surface area contributed by atoms with Crippen molar-refractivity contribution in [1.82, 2.24) is 15.3 Å². The Morgan fingerprint density at radius 2 is 1.76 bits per heavy atom. The van der Waals surface area contributed by atoms with Crippen LogP contribution in [0, 0.1) is 0 Å². The highest BCUT2D eigenvalue weighted by atomic mass is 16.5. The normalized spacial score (nSPS) is 10.6. The summed E-state index contributed by atoms with van der Waals surface area (Å²) in [4.78, 5) is 8.41. The zero-order valence-corrected chi connectivity index (χ0v) is 12.5. The Morgan fingerprint density at radius 3 is 2.38 bits per heavy atom. The predicted molar refractivity (Wildman–Crippen MR) is 81.5 cm³/mol. The van der Waals surface area contributed by atoms with E-state index in [2.05, 4.69) is 22.2 Å². The van der Waals surface area contributed by atoms with Crippen LogP contribution in [0.5, 0.6) is 11.8 Å². The highest BCUT2D eigenvalue weighted by molar-refractivity contribution is 5.29. The standard InChI is InChI=1S/C16H21N3O2/c1-3-17-10-14-11-18-16(19-12-14)21-15-6-4-13(5-7-15)8-9-20-2/h4-7,11-12,17H,3,8-10H2,1-2H3. The Hall–Kier alpha value is -1.98. The van der Waals surface area contributed by atoms with Gasteiger partial charge in [0, 0.05) is 31.6 Å². The topological polar surface area (TPSA) is 56.3 Å². The average molecular weight is 287 g/mol. The molecule has 5 heteroatoms. The number of nitrogens with zero attached hydrogens (tertiary/aromatic N) is 2. The molecule has 2 aromatic rings. The first-order chi connectivity index (χ1) is 10.3. The maximum atomic E-state index is 5.62. The van der Waals surface area contributed by atoms with Crippen molar-refractivity contribution in [2.45, 2.75) is 19.9 Å². The summed E-state index contributed by atoms with van der Waals surface area (Å²) in [7, 11) is 1.70. The Balaban J connectivity index is 1.91. The van der Waals surface area contributed by atoms with Gasteiger partial charge in [-0.25, -0.2) is 9.97 Å². The first-order valence-corrected chi connectivity index (χ1v) is 7.09. The molecule has 112 valence electrons. The summed E-state index contributed by atoms with van der Waals surface area (Å²) in [6, 6.07) is 8.24. The lowest BCUT2D eigenvalue weighted by molar-refractivity contribution is 0.202. The second kappa shape index (κ2) is 8.34. The molecule has 1 aromatic heterocycles. The van der Waals surface area contributed by atoms with Gasteiger partial charge in [-0.1, -0.05) is 19.1 Å². The van der Waals surface area contributed by atoms with Gasteiger partial charge < -0.3 is 14.8 Å². The van der Waals surface area contributed by atoms with E-state index in [1.807, 2.05) is 24.3 Å². The van der Waals surface area contributed by atoms with Gasteiger partial charge in [0.1, 0.15) is 5.75 Å². The smallest absolute Gasteiger partial charge is 0.321 e. The van der Waals surface area contributed by atoms with E-state index >= 15 is 0 Å². The van der Waals surface area contributed by atoms with Crippen LogP contribution in [0.2, 0.25) is 0 Å². The van der Waals surface area contributed by atoms with Gasteiger partial charge in [0.15, 0.2) is 0 Å². The largest absolute Gasteiger partial charge is 0.424 e. The molecule has 2 rings (SSSR count). The van der Waals surface area contributed by atoms with Crippen LogP contribution in [0.3, 0.4) is 0 Å². The van der Waals surface area contributed by atoms with Crippen molar-refractivity contribution in [1.29, 1.82) is 0 Å². The third-order valence-electron chi connectivity index (χ3n) is 2.99. The lowest BCUT2D eigenvalue weighted by Crippen LogP contribution is -2.12. The molecule has 1 N–H and O–H groups in total. The van der Waals surface area contributed by atoms with Gasteiger partial charge in [-0.15, -0.1) is 0 Å². The molecule has 0 atom stereocenters. The summed E-state index contributed by atoms with van der Waals surface area (Å²) in [6.45, 7) is 4.48. The van der Waals surface area contributed by atoms with Crippen LogP contribution >= 0.6 is 0 Å². The van der Waals surface area contributed by atoms with Crippen LogP contribution in [-0.2, 0) is 17.7 Å². The summed E-state index contributed by atoms with van der Waals surface area (Å²) >= 11 is 0. The summed E-state index contributed by atoms with van der Waals surface area (Å²) in [6.07, 6.45) is 4.45. The Kier molecular flexibility index (Phi) is 6.12. The Bertz CT molecular complexity index is 477. The first-order valence-electron chi connectivity index (χ1n) is 7.09. The molecule has 0 aliphatic carbocycles. The number of benzene rings is 1. The maximum Gasteiger partial charge on any atom is 0.321 e. The van der Waals surface area contributed by atoms with E-state index in [9.17, 15) is 0 Å². The lowest BCUT2D eigenvalue weighted by atomic mass is 10.1. The second-order valence-corrected chi connectivity index (χ2v) is 4.64. The van der Waals surface area contributed by atoms with Crippen LogP contribution in [0.1, 0.15) is 18.1 Å². The monoisotopic (exact) mass is 287 g/mol. The van der Waals surface area contributed by atoms with Gasteiger partial charge in [-0.3, -0.25) is 0 Å². The Labute approximate surface area is 125 Å². The van der Waals surface area contributed by atoms with Gasteiger partial charge in [0.25, 0.3) is 0 Å². The zero-order valence-electron chi connectivity index (χ0n) is 12.5. The first kappa shape index (κ1) is 15.4. The highest BCUT2D eigenvalue weighted by Crippen LogP contribution is 2.18. The predicted octanol–water partition coefficient (Wildman–Crippen LogP) is 2.57. The molecule has 0 fully saturated rings. The summed E-state index contributed by atoms with van der Waals surface area (Å²) < 4.78 is 10.7. The maximum absolute atomic E-state index is 5.62. The van der Waals surface area contributed by atoms with E-state index in [4.69, 9.17) is 9.47 Å². The van der Waals surface area contributed by atoms with Crippen LogP contribution < -0.4 is 10.1 Å². The molecule has 0 bridgehead atoms. The van der Waals surface area contributed by atoms with Gasteiger partial charge in [-0.05, 0) is 30.7 Å². The Morgan fingerprint density at radius 1 is 1.05 bits per heavy atom. The molecule has 0 unspecified atom stereocenters. The molecule has 1 heterocycles. The SMILES string of the molecule is CCNCc1cnc(Oc2ccc(CCOC)cc2)nc1. The molecule has 0 aliphatic rings.